The first-order chi connectivity index (χ1) is 6.45. The lowest BCUT2D eigenvalue weighted by Crippen LogP contribution is -1.96. The van der Waals surface area contributed by atoms with Gasteiger partial charge in [0.05, 0.1) is 13.4 Å². The number of benzene rings is 1. The van der Waals surface area contributed by atoms with E-state index < -0.39 is 26.2 Å². The minimum atomic E-state index is -0.759. The highest BCUT2D eigenvalue weighted by Gasteiger charge is 2.26. The van der Waals surface area contributed by atoms with Gasteiger partial charge in [-0.25, -0.2) is 0 Å². The van der Waals surface area contributed by atoms with Gasteiger partial charge in [0.1, 0.15) is 0 Å². The number of nitro groups is 2. The zero-order valence-electron chi connectivity index (χ0n) is 6.44. The molecule has 0 bridgehead atoms. The second kappa shape index (κ2) is 4.05. The molecule has 0 amide bonds. The second-order valence-corrected chi connectivity index (χ2v) is 3.78. The quantitative estimate of drug-likeness (QED) is 0.474. The molecule has 0 aliphatic heterocycles. The van der Waals surface area contributed by atoms with E-state index in [4.69, 9.17) is 11.6 Å². The van der Waals surface area contributed by atoms with Gasteiger partial charge in [-0.05, 0) is 28.7 Å². The molecule has 0 aromatic heterocycles. The van der Waals surface area contributed by atoms with Crippen LogP contribution in [-0.4, -0.2) is 9.85 Å². The Morgan fingerprint density at radius 1 is 1.21 bits per heavy atom. The van der Waals surface area contributed by atoms with Crippen molar-refractivity contribution in [2.75, 3.05) is 0 Å². The second-order valence-electron chi connectivity index (χ2n) is 2.24. The Morgan fingerprint density at radius 2 is 1.79 bits per heavy atom. The third-order valence-electron chi connectivity index (χ3n) is 1.43. The first-order valence-electron chi connectivity index (χ1n) is 3.22. The van der Waals surface area contributed by atoms with Gasteiger partial charge in [-0.15, -0.1) is 0 Å². The maximum Gasteiger partial charge on any atom is 0.308 e. The molecule has 6 nitrogen and oxygen atoms in total. The van der Waals surface area contributed by atoms with Crippen LogP contribution in [0.2, 0.25) is 5.02 Å². The van der Waals surface area contributed by atoms with Gasteiger partial charge in [-0.1, -0.05) is 11.6 Å². The Labute approximate surface area is 96.3 Å². The molecule has 0 aliphatic rings. The van der Waals surface area contributed by atoms with Crippen LogP contribution in [0, 0.1) is 23.8 Å². The molecule has 0 fully saturated rings. The highest BCUT2D eigenvalue weighted by molar-refractivity contribution is 14.1. The maximum absolute atomic E-state index is 10.5. The van der Waals surface area contributed by atoms with Crippen LogP contribution in [0.3, 0.4) is 0 Å². The van der Waals surface area contributed by atoms with E-state index >= 15 is 0 Å². The Hall–Kier alpha value is -0.960. The van der Waals surface area contributed by atoms with Crippen LogP contribution in [0.15, 0.2) is 12.1 Å². The van der Waals surface area contributed by atoms with Crippen molar-refractivity contribution in [2.45, 2.75) is 0 Å². The molecule has 0 saturated heterocycles. The van der Waals surface area contributed by atoms with Gasteiger partial charge in [-0.2, -0.15) is 0 Å². The predicted octanol–water partition coefficient (Wildman–Crippen LogP) is 2.76. The molecule has 8 heteroatoms. The largest absolute Gasteiger partial charge is 0.308 e. The molecule has 14 heavy (non-hydrogen) atoms. The van der Waals surface area contributed by atoms with Crippen molar-refractivity contribution in [1.29, 1.82) is 0 Å². The van der Waals surface area contributed by atoms with Gasteiger partial charge in [0, 0.05) is 6.07 Å². The molecule has 0 heterocycles. The number of halogens is 2. The lowest BCUT2D eigenvalue weighted by molar-refractivity contribution is -0.394. The summed E-state index contributed by atoms with van der Waals surface area (Å²) in [5, 5.41) is 20.5. The predicted molar refractivity (Wildman–Crippen MR) is 57.5 cm³/mol. The summed E-state index contributed by atoms with van der Waals surface area (Å²) in [4.78, 5) is 19.4. The fourth-order valence-corrected chi connectivity index (χ4v) is 1.95. The number of nitrogens with zero attached hydrogens (tertiary/aromatic N) is 2. The summed E-state index contributed by atoms with van der Waals surface area (Å²) in [6.45, 7) is 0. The first-order valence-corrected chi connectivity index (χ1v) is 4.67. The molecule has 1 aromatic carbocycles. The Morgan fingerprint density at radius 3 is 2.21 bits per heavy atom. The number of hydrogen-bond donors (Lipinski definition) is 0. The number of hydrogen-bond acceptors (Lipinski definition) is 4. The van der Waals surface area contributed by atoms with Crippen LogP contribution in [0.5, 0.6) is 0 Å². The summed E-state index contributed by atoms with van der Waals surface area (Å²) >= 11 is 7.21. The van der Waals surface area contributed by atoms with E-state index in [1.165, 1.54) is 6.07 Å². The van der Waals surface area contributed by atoms with E-state index in [0.29, 0.717) is 0 Å². The summed E-state index contributed by atoms with van der Waals surface area (Å²) in [6.07, 6.45) is 0. The minimum absolute atomic E-state index is 0.267. The molecule has 0 N–H and O–H groups in total. The molecular weight excluding hydrogens is 326 g/mol. The molecule has 74 valence electrons. The standard InChI is InChI=1S/C6H2ClIN2O4/c7-5-4(9(11)12)2-1-3(8)6(5)10(13)14/h1-2H. The highest BCUT2D eigenvalue weighted by atomic mass is 127. The van der Waals surface area contributed by atoms with Crippen molar-refractivity contribution in [2.24, 2.45) is 0 Å². The summed E-state index contributed by atoms with van der Waals surface area (Å²) in [6, 6.07) is 2.42. The van der Waals surface area contributed by atoms with Gasteiger partial charge in [0.15, 0.2) is 5.02 Å². The lowest BCUT2D eigenvalue weighted by atomic mass is 10.3. The van der Waals surface area contributed by atoms with Gasteiger partial charge in [0.25, 0.3) is 5.69 Å². The molecular formula is C6H2ClIN2O4. The molecule has 0 unspecified atom stereocenters. The molecule has 0 aliphatic carbocycles. The molecule has 0 saturated carbocycles. The van der Waals surface area contributed by atoms with Crippen LogP contribution < -0.4 is 0 Å². The highest BCUT2D eigenvalue weighted by Crippen LogP contribution is 2.36. The topological polar surface area (TPSA) is 86.3 Å². The van der Waals surface area contributed by atoms with Crippen LogP contribution in [-0.2, 0) is 0 Å². The van der Waals surface area contributed by atoms with Crippen LogP contribution in [0.25, 0.3) is 0 Å². The Kier molecular flexibility index (Phi) is 3.21. The van der Waals surface area contributed by atoms with Crippen LogP contribution in [0.4, 0.5) is 11.4 Å². The maximum atomic E-state index is 10.5. The molecule has 1 rings (SSSR count). The lowest BCUT2D eigenvalue weighted by Gasteiger charge is -1.98. The van der Waals surface area contributed by atoms with E-state index in [1.54, 1.807) is 22.6 Å². The van der Waals surface area contributed by atoms with E-state index in [1.807, 2.05) is 0 Å². The van der Waals surface area contributed by atoms with E-state index in [2.05, 4.69) is 0 Å². The number of rotatable bonds is 2. The molecule has 0 spiro atoms. The Bertz CT molecular complexity index is 423. The van der Waals surface area contributed by atoms with E-state index in [-0.39, 0.29) is 3.57 Å². The van der Waals surface area contributed by atoms with Crippen molar-refractivity contribution in [1.82, 2.24) is 0 Å². The SMILES string of the molecule is O=[N+]([O-])c1ccc(I)c([N+](=O)[O-])c1Cl. The van der Waals surface area contributed by atoms with Gasteiger partial charge >= 0.3 is 5.69 Å². The summed E-state index contributed by atoms with van der Waals surface area (Å²) < 4.78 is 0.267. The fourth-order valence-electron chi connectivity index (χ4n) is 0.839. The van der Waals surface area contributed by atoms with Gasteiger partial charge < -0.3 is 0 Å². The fraction of sp³-hybridized carbons (Fsp3) is 0. The smallest absolute Gasteiger partial charge is 0.258 e. The van der Waals surface area contributed by atoms with Crippen molar-refractivity contribution in [3.63, 3.8) is 0 Å². The monoisotopic (exact) mass is 328 g/mol. The summed E-state index contributed by atoms with van der Waals surface area (Å²) in [7, 11) is 0. The van der Waals surface area contributed by atoms with E-state index in [9.17, 15) is 20.2 Å². The molecule has 0 atom stereocenters. The van der Waals surface area contributed by atoms with Gasteiger partial charge in [-0.3, -0.25) is 20.2 Å². The average molecular weight is 328 g/mol. The average Bonchev–Trinajstić information content (AvgIpc) is 2.02. The molecule has 1 aromatic rings. The van der Waals surface area contributed by atoms with Crippen LogP contribution >= 0.6 is 34.2 Å². The normalized spacial score (nSPS) is 9.86. The van der Waals surface area contributed by atoms with E-state index in [0.717, 1.165) is 6.07 Å². The Balaban J connectivity index is 3.49. The zero-order valence-corrected chi connectivity index (χ0v) is 9.35. The van der Waals surface area contributed by atoms with Crippen molar-refractivity contribution in [3.05, 3.63) is 41.0 Å². The van der Waals surface area contributed by atoms with Crippen molar-refractivity contribution >= 4 is 45.6 Å². The van der Waals surface area contributed by atoms with Gasteiger partial charge in [0.2, 0.25) is 0 Å². The molecule has 0 radical (unpaired) electrons. The van der Waals surface area contributed by atoms with Crippen LogP contribution in [0.1, 0.15) is 0 Å². The number of nitro benzene ring substituents is 2. The summed E-state index contributed by atoms with van der Waals surface area (Å²) in [5.74, 6) is 0. The van der Waals surface area contributed by atoms with Crippen molar-refractivity contribution < 1.29 is 9.85 Å². The minimum Gasteiger partial charge on any atom is -0.258 e. The third-order valence-corrected chi connectivity index (χ3v) is 2.67. The zero-order chi connectivity index (χ0) is 10.9. The third kappa shape index (κ3) is 1.93. The van der Waals surface area contributed by atoms with Crippen molar-refractivity contribution in [3.8, 4) is 0 Å². The first kappa shape index (κ1) is 11.1. The summed E-state index contributed by atoms with van der Waals surface area (Å²) in [5.41, 5.74) is -0.889.